The number of H-pyrrole nitrogens is 1. The average molecular weight is 367 g/mol. The molecule has 0 saturated carbocycles. The minimum absolute atomic E-state index is 0.476. The van der Waals surface area contributed by atoms with Gasteiger partial charge in [0.2, 0.25) is 11.8 Å². The van der Waals surface area contributed by atoms with E-state index in [0.717, 1.165) is 14.7 Å². The summed E-state index contributed by atoms with van der Waals surface area (Å²) in [5.41, 5.74) is 0.639. The summed E-state index contributed by atoms with van der Waals surface area (Å²) in [4.78, 5) is 8.55. The Morgan fingerprint density at radius 2 is 2.00 bits per heavy atom. The molecule has 3 aromatic rings. The maximum atomic E-state index is 5.79. The third kappa shape index (κ3) is 2.46. The van der Waals surface area contributed by atoms with E-state index in [-0.39, 0.29) is 0 Å². The third-order valence-corrected chi connectivity index (χ3v) is 3.25. The van der Waals surface area contributed by atoms with Crippen molar-refractivity contribution in [2.24, 2.45) is 0 Å². The molecule has 3 rings (SSSR count). The van der Waals surface area contributed by atoms with Crippen molar-refractivity contribution < 1.29 is 4.74 Å². The molecular formula is C12H10IN5O. The zero-order valence-electron chi connectivity index (χ0n) is 10.0. The highest BCUT2D eigenvalue weighted by atomic mass is 127. The average Bonchev–Trinajstić information content (AvgIpc) is 2.89. The highest BCUT2D eigenvalue weighted by Gasteiger charge is 2.10. The number of nitrogens with one attached hydrogen (secondary N) is 2. The van der Waals surface area contributed by atoms with Crippen molar-refractivity contribution in [3.8, 4) is 11.6 Å². The van der Waals surface area contributed by atoms with Gasteiger partial charge in [0.15, 0.2) is 5.65 Å². The van der Waals surface area contributed by atoms with E-state index < -0.39 is 0 Å². The van der Waals surface area contributed by atoms with Crippen LogP contribution in [-0.2, 0) is 0 Å². The van der Waals surface area contributed by atoms with E-state index in [9.17, 15) is 0 Å². The van der Waals surface area contributed by atoms with Gasteiger partial charge in [-0.2, -0.15) is 15.1 Å². The van der Waals surface area contributed by atoms with Crippen molar-refractivity contribution in [1.82, 2.24) is 20.2 Å². The fourth-order valence-corrected chi connectivity index (χ4v) is 1.97. The van der Waals surface area contributed by atoms with Crippen LogP contribution in [0, 0.1) is 3.57 Å². The minimum Gasteiger partial charge on any atom is -0.438 e. The molecule has 0 amide bonds. The maximum Gasteiger partial charge on any atom is 0.235 e. The predicted molar refractivity (Wildman–Crippen MR) is 80.5 cm³/mol. The SMILES string of the molecule is CNc1nc(Oc2ccc(I)cc2)c2cn[nH]c2n1. The zero-order chi connectivity index (χ0) is 13.2. The van der Waals surface area contributed by atoms with Gasteiger partial charge in [-0.15, -0.1) is 0 Å². The maximum absolute atomic E-state index is 5.79. The number of aromatic nitrogens is 4. The van der Waals surface area contributed by atoms with E-state index in [1.165, 1.54) is 0 Å². The fourth-order valence-electron chi connectivity index (χ4n) is 1.61. The molecule has 0 aliphatic carbocycles. The number of benzene rings is 1. The minimum atomic E-state index is 0.476. The van der Waals surface area contributed by atoms with Crippen LogP contribution >= 0.6 is 22.6 Å². The summed E-state index contributed by atoms with van der Waals surface area (Å²) in [6, 6.07) is 7.74. The fraction of sp³-hybridized carbons (Fsp3) is 0.0833. The molecule has 0 aliphatic heterocycles. The van der Waals surface area contributed by atoms with Gasteiger partial charge in [-0.25, -0.2) is 0 Å². The highest BCUT2D eigenvalue weighted by molar-refractivity contribution is 14.1. The van der Waals surface area contributed by atoms with Crippen molar-refractivity contribution in [3.05, 3.63) is 34.0 Å². The monoisotopic (exact) mass is 367 g/mol. The Morgan fingerprint density at radius 3 is 2.74 bits per heavy atom. The second-order valence-corrected chi connectivity index (χ2v) is 5.04. The number of ether oxygens (including phenoxy) is 1. The van der Waals surface area contributed by atoms with E-state index in [4.69, 9.17) is 4.74 Å². The van der Waals surface area contributed by atoms with Gasteiger partial charge in [0.1, 0.15) is 11.1 Å². The van der Waals surface area contributed by atoms with Crippen LogP contribution in [0.2, 0.25) is 0 Å². The highest BCUT2D eigenvalue weighted by Crippen LogP contribution is 2.27. The molecule has 0 bridgehead atoms. The summed E-state index contributed by atoms with van der Waals surface area (Å²) in [6.07, 6.45) is 1.65. The van der Waals surface area contributed by atoms with Crippen molar-refractivity contribution in [3.63, 3.8) is 0 Å². The molecule has 1 aromatic carbocycles. The zero-order valence-corrected chi connectivity index (χ0v) is 12.2. The van der Waals surface area contributed by atoms with Crippen molar-refractivity contribution in [2.45, 2.75) is 0 Å². The molecule has 2 aromatic heterocycles. The first-order chi connectivity index (χ1) is 9.26. The molecule has 2 heterocycles. The van der Waals surface area contributed by atoms with Gasteiger partial charge in [-0.05, 0) is 46.9 Å². The Bertz CT molecular complexity index is 710. The third-order valence-electron chi connectivity index (χ3n) is 2.53. The van der Waals surface area contributed by atoms with E-state index in [1.807, 2.05) is 24.3 Å². The number of aromatic amines is 1. The van der Waals surface area contributed by atoms with Crippen LogP contribution in [0.5, 0.6) is 11.6 Å². The first kappa shape index (κ1) is 12.2. The predicted octanol–water partition coefficient (Wildman–Crippen LogP) is 2.79. The molecule has 96 valence electrons. The Balaban J connectivity index is 2.03. The lowest BCUT2D eigenvalue weighted by Crippen LogP contribution is -1.99. The number of rotatable bonds is 3. The Hall–Kier alpha value is -1.90. The Morgan fingerprint density at radius 1 is 1.21 bits per heavy atom. The molecule has 0 saturated heterocycles. The van der Waals surface area contributed by atoms with Crippen LogP contribution in [0.15, 0.2) is 30.5 Å². The quantitative estimate of drug-likeness (QED) is 0.697. The molecule has 0 spiro atoms. The molecule has 0 aliphatic rings. The summed E-state index contributed by atoms with van der Waals surface area (Å²) in [5, 5.41) is 10.4. The van der Waals surface area contributed by atoms with Gasteiger partial charge in [0, 0.05) is 10.6 Å². The van der Waals surface area contributed by atoms with Crippen LogP contribution < -0.4 is 10.1 Å². The number of halogens is 1. The number of nitrogens with zero attached hydrogens (tertiary/aromatic N) is 3. The summed E-state index contributed by atoms with van der Waals surface area (Å²) in [7, 11) is 1.76. The first-order valence-corrected chi connectivity index (χ1v) is 6.66. The van der Waals surface area contributed by atoms with Gasteiger partial charge < -0.3 is 10.1 Å². The van der Waals surface area contributed by atoms with E-state index in [2.05, 4.69) is 48.1 Å². The van der Waals surface area contributed by atoms with Crippen molar-refractivity contribution in [2.75, 3.05) is 12.4 Å². The standard InChI is InChI=1S/C12H10IN5O/c1-14-12-16-10-9(6-15-18-10)11(17-12)19-8-4-2-7(13)3-5-8/h2-6H,1H3,(H2,14,15,16,17,18). The molecule has 6 nitrogen and oxygen atoms in total. The lowest BCUT2D eigenvalue weighted by Gasteiger charge is -2.07. The lowest BCUT2D eigenvalue weighted by atomic mass is 10.3. The summed E-state index contributed by atoms with van der Waals surface area (Å²) in [6.45, 7) is 0. The molecule has 2 N–H and O–H groups in total. The van der Waals surface area contributed by atoms with Gasteiger partial charge in [0.05, 0.1) is 6.20 Å². The summed E-state index contributed by atoms with van der Waals surface area (Å²) in [5.74, 6) is 1.69. The Kier molecular flexibility index (Phi) is 3.20. The Labute approximate surface area is 122 Å². The van der Waals surface area contributed by atoms with Gasteiger partial charge in [-0.1, -0.05) is 0 Å². The molecular weight excluding hydrogens is 357 g/mol. The van der Waals surface area contributed by atoms with Crippen molar-refractivity contribution >= 4 is 39.6 Å². The van der Waals surface area contributed by atoms with E-state index in [1.54, 1.807) is 13.2 Å². The lowest BCUT2D eigenvalue weighted by molar-refractivity contribution is 0.469. The topological polar surface area (TPSA) is 75.7 Å². The van der Waals surface area contributed by atoms with Gasteiger partial charge in [-0.3, -0.25) is 5.10 Å². The van der Waals surface area contributed by atoms with Crippen LogP contribution in [0.25, 0.3) is 11.0 Å². The van der Waals surface area contributed by atoms with Crippen LogP contribution in [-0.4, -0.2) is 27.2 Å². The molecule has 19 heavy (non-hydrogen) atoms. The van der Waals surface area contributed by atoms with Crippen LogP contribution in [0.1, 0.15) is 0 Å². The van der Waals surface area contributed by atoms with Crippen LogP contribution in [0.4, 0.5) is 5.95 Å². The van der Waals surface area contributed by atoms with Crippen LogP contribution in [0.3, 0.4) is 0 Å². The second kappa shape index (κ2) is 5.00. The second-order valence-electron chi connectivity index (χ2n) is 3.79. The molecule has 7 heteroatoms. The normalized spacial score (nSPS) is 10.6. The van der Waals surface area contributed by atoms with E-state index in [0.29, 0.717) is 17.5 Å². The van der Waals surface area contributed by atoms with E-state index >= 15 is 0 Å². The molecule has 0 fully saturated rings. The number of anilines is 1. The summed E-state index contributed by atoms with van der Waals surface area (Å²) < 4.78 is 6.94. The molecule has 0 unspecified atom stereocenters. The first-order valence-electron chi connectivity index (χ1n) is 5.58. The molecule has 0 radical (unpaired) electrons. The largest absolute Gasteiger partial charge is 0.438 e. The number of hydrogen-bond donors (Lipinski definition) is 2. The number of fused-ring (bicyclic) bond motifs is 1. The van der Waals surface area contributed by atoms with Gasteiger partial charge in [0.25, 0.3) is 0 Å². The smallest absolute Gasteiger partial charge is 0.235 e. The van der Waals surface area contributed by atoms with Gasteiger partial charge >= 0.3 is 0 Å². The molecule has 0 atom stereocenters. The van der Waals surface area contributed by atoms with Crippen molar-refractivity contribution in [1.29, 1.82) is 0 Å². The summed E-state index contributed by atoms with van der Waals surface area (Å²) >= 11 is 2.25. The number of hydrogen-bond acceptors (Lipinski definition) is 5.